The van der Waals surface area contributed by atoms with Crippen LogP contribution < -0.4 is 9.46 Å². The number of nitro benzene ring substituents is 1. The van der Waals surface area contributed by atoms with Gasteiger partial charge in [0, 0.05) is 18.2 Å². The number of sulfonamides is 1. The second-order valence-electron chi connectivity index (χ2n) is 5.38. The molecule has 0 spiro atoms. The van der Waals surface area contributed by atoms with E-state index in [4.69, 9.17) is 16.3 Å². The van der Waals surface area contributed by atoms with E-state index < -0.39 is 48.9 Å². The fourth-order valence-electron chi connectivity index (χ4n) is 2.07. The van der Waals surface area contributed by atoms with Gasteiger partial charge < -0.3 is 4.74 Å². The van der Waals surface area contributed by atoms with Crippen LogP contribution in [-0.4, -0.2) is 25.5 Å². The van der Waals surface area contributed by atoms with Crippen molar-refractivity contribution < 1.29 is 36.0 Å². The Morgan fingerprint density at radius 2 is 1.75 bits per heavy atom. The van der Waals surface area contributed by atoms with Gasteiger partial charge in [-0.2, -0.15) is 13.2 Å². The van der Waals surface area contributed by atoms with Gasteiger partial charge in [0.25, 0.3) is 11.6 Å². The minimum Gasteiger partial charge on any atom is -0.457 e. The Hall–Kier alpha value is -2.86. The lowest BCUT2D eigenvalue weighted by Gasteiger charge is -2.12. The average molecular weight is 439 g/mol. The van der Waals surface area contributed by atoms with Crippen LogP contribution in [0.1, 0.15) is 15.9 Å². The van der Waals surface area contributed by atoms with Crippen LogP contribution in [0.15, 0.2) is 36.4 Å². The molecule has 150 valence electrons. The molecule has 1 amide bonds. The molecular formula is C15H10ClF3N2O6S. The molecule has 0 aliphatic heterocycles. The fraction of sp³-hybridized carbons (Fsp3) is 0.133. The maximum absolute atomic E-state index is 12.7. The number of rotatable bonds is 5. The van der Waals surface area contributed by atoms with Crippen LogP contribution in [0.25, 0.3) is 0 Å². The molecule has 0 saturated heterocycles. The maximum Gasteiger partial charge on any atom is 0.417 e. The molecule has 0 atom stereocenters. The molecule has 0 heterocycles. The van der Waals surface area contributed by atoms with Crippen molar-refractivity contribution in [3.05, 3.63) is 62.7 Å². The fourth-order valence-corrected chi connectivity index (χ4v) is 2.79. The summed E-state index contributed by atoms with van der Waals surface area (Å²) in [4.78, 5) is 22.1. The van der Waals surface area contributed by atoms with Gasteiger partial charge in [-0.3, -0.25) is 14.9 Å². The van der Waals surface area contributed by atoms with Gasteiger partial charge in [0.05, 0.1) is 21.8 Å². The lowest BCUT2D eigenvalue weighted by atomic mass is 10.1. The van der Waals surface area contributed by atoms with Crippen molar-refractivity contribution in [3.63, 3.8) is 0 Å². The topological polar surface area (TPSA) is 116 Å². The van der Waals surface area contributed by atoms with Crippen LogP contribution in [0.5, 0.6) is 11.5 Å². The highest BCUT2D eigenvalue weighted by atomic mass is 35.5. The first kappa shape index (κ1) is 21.4. The third-order valence-electron chi connectivity index (χ3n) is 3.17. The molecule has 0 radical (unpaired) electrons. The molecule has 13 heteroatoms. The van der Waals surface area contributed by atoms with E-state index in [9.17, 15) is 36.5 Å². The van der Waals surface area contributed by atoms with E-state index in [1.54, 1.807) is 4.72 Å². The number of nitro groups is 1. The Balaban J connectivity index is 2.40. The average Bonchev–Trinajstić information content (AvgIpc) is 2.51. The van der Waals surface area contributed by atoms with Gasteiger partial charge in [0.15, 0.2) is 0 Å². The number of hydrogen-bond donors (Lipinski definition) is 1. The van der Waals surface area contributed by atoms with E-state index in [-0.39, 0.29) is 11.5 Å². The summed E-state index contributed by atoms with van der Waals surface area (Å²) in [5.74, 6) is -1.58. The number of carbonyl (C=O) groups excluding carboxylic acids is 1. The lowest BCUT2D eigenvalue weighted by Crippen LogP contribution is -2.29. The summed E-state index contributed by atoms with van der Waals surface area (Å²) in [6.45, 7) is 0. The van der Waals surface area contributed by atoms with Gasteiger partial charge in [0.2, 0.25) is 10.0 Å². The molecule has 2 aromatic rings. The number of alkyl halides is 3. The van der Waals surface area contributed by atoms with Crippen molar-refractivity contribution in [2.75, 3.05) is 6.26 Å². The number of halogens is 4. The highest BCUT2D eigenvalue weighted by Crippen LogP contribution is 2.37. The molecule has 1 N–H and O–H groups in total. The molecule has 0 fully saturated rings. The minimum absolute atomic E-state index is 0.138. The predicted octanol–water partition coefficient (Wildman–Crippen LogP) is 3.75. The number of ether oxygens (including phenoxy) is 1. The minimum atomic E-state index is -4.67. The summed E-state index contributed by atoms with van der Waals surface area (Å²) >= 11 is 5.58. The van der Waals surface area contributed by atoms with Crippen molar-refractivity contribution >= 4 is 33.2 Å². The highest BCUT2D eigenvalue weighted by molar-refractivity contribution is 7.89. The van der Waals surface area contributed by atoms with Crippen LogP contribution in [0.3, 0.4) is 0 Å². The number of nitrogens with zero attached hydrogens (tertiary/aromatic N) is 1. The van der Waals surface area contributed by atoms with Crippen LogP contribution in [-0.2, 0) is 16.2 Å². The van der Waals surface area contributed by atoms with Crippen LogP contribution >= 0.6 is 11.6 Å². The monoisotopic (exact) mass is 438 g/mol. The zero-order valence-corrected chi connectivity index (χ0v) is 15.4. The first-order valence-electron chi connectivity index (χ1n) is 7.13. The summed E-state index contributed by atoms with van der Waals surface area (Å²) in [6, 6.07) is 5.37. The van der Waals surface area contributed by atoms with E-state index in [1.807, 2.05) is 0 Å². The Morgan fingerprint density at radius 1 is 1.18 bits per heavy atom. The molecule has 2 rings (SSSR count). The van der Waals surface area contributed by atoms with Gasteiger partial charge in [-0.25, -0.2) is 13.1 Å². The molecule has 0 saturated carbocycles. The number of amides is 1. The molecule has 0 bridgehead atoms. The summed E-state index contributed by atoms with van der Waals surface area (Å²) < 4.78 is 67.4. The third kappa shape index (κ3) is 5.33. The van der Waals surface area contributed by atoms with Gasteiger partial charge in [-0.1, -0.05) is 11.6 Å². The highest BCUT2D eigenvalue weighted by Gasteiger charge is 2.33. The van der Waals surface area contributed by atoms with Crippen LogP contribution in [0, 0.1) is 10.1 Å². The summed E-state index contributed by atoms with van der Waals surface area (Å²) in [6.07, 6.45) is -3.98. The van der Waals surface area contributed by atoms with E-state index in [0.29, 0.717) is 12.3 Å². The van der Waals surface area contributed by atoms with Crippen molar-refractivity contribution in [3.8, 4) is 11.5 Å². The molecule has 0 aliphatic rings. The third-order valence-corrected chi connectivity index (χ3v) is 4.04. The lowest BCUT2D eigenvalue weighted by molar-refractivity contribution is -0.385. The molecule has 0 aliphatic carbocycles. The van der Waals surface area contributed by atoms with E-state index in [2.05, 4.69) is 0 Å². The second-order valence-corrected chi connectivity index (χ2v) is 7.54. The van der Waals surface area contributed by atoms with Crippen molar-refractivity contribution in [2.24, 2.45) is 0 Å². The van der Waals surface area contributed by atoms with Gasteiger partial charge in [-0.15, -0.1) is 0 Å². The number of benzene rings is 2. The Kier molecular flexibility index (Phi) is 5.85. The normalized spacial score (nSPS) is 11.8. The van der Waals surface area contributed by atoms with Gasteiger partial charge in [0.1, 0.15) is 17.1 Å². The standard InChI is InChI=1S/C15H10ClF3N2O6S/c1-28(25,26)20-14(22)10-6-8(3-5-13(10)21(23)24)27-9-2-4-11(12(16)7-9)15(17,18)19/h2-7H,1H3,(H,20,22). The Labute approximate surface area is 161 Å². The van der Waals surface area contributed by atoms with Gasteiger partial charge >= 0.3 is 6.18 Å². The number of nitrogens with one attached hydrogen (secondary N) is 1. The largest absolute Gasteiger partial charge is 0.457 e. The van der Waals surface area contributed by atoms with E-state index in [0.717, 1.165) is 30.3 Å². The molecule has 0 aromatic heterocycles. The SMILES string of the molecule is CS(=O)(=O)NC(=O)c1cc(Oc2ccc(C(F)(F)F)c(Cl)c2)ccc1[N+](=O)[O-]. The number of hydrogen-bond acceptors (Lipinski definition) is 6. The van der Waals surface area contributed by atoms with Crippen molar-refractivity contribution in [1.82, 2.24) is 4.72 Å². The summed E-state index contributed by atoms with van der Waals surface area (Å²) in [5.41, 5.74) is -2.40. The maximum atomic E-state index is 12.7. The van der Waals surface area contributed by atoms with Gasteiger partial charge in [-0.05, 0) is 18.2 Å². The zero-order chi connectivity index (χ0) is 21.3. The van der Waals surface area contributed by atoms with E-state index in [1.165, 1.54) is 0 Å². The van der Waals surface area contributed by atoms with Crippen LogP contribution in [0.4, 0.5) is 18.9 Å². The first-order chi connectivity index (χ1) is 12.8. The smallest absolute Gasteiger partial charge is 0.417 e. The van der Waals surface area contributed by atoms with Crippen molar-refractivity contribution in [2.45, 2.75) is 6.18 Å². The molecule has 28 heavy (non-hydrogen) atoms. The second kappa shape index (κ2) is 7.64. The summed E-state index contributed by atoms with van der Waals surface area (Å²) in [5, 5.41) is 10.4. The van der Waals surface area contributed by atoms with E-state index >= 15 is 0 Å². The quantitative estimate of drug-likeness (QED) is 0.561. The predicted molar refractivity (Wildman–Crippen MR) is 91.9 cm³/mol. The first-order valence-corrected chi connectivity index (χ1v) is 9.40. The Bertz CT molecular complexity index is 1060. The van der Waals surface area contributed by atoms with Crippen LogP contribution in [0.2, 0.25) is 5.02 Å². The molecular weight excluding hydrogens is 429 g/mol. The summed E-state index contributed by atoms with van der Waals surface area (Å²) in [7, 11) is -4.00. The zero-order valence-electron chi connectivity index (χ0n) is 13.8. The Morgan fingerprint density at radius 3 is 2.25 bits per heavy atom. The molecule has 8 nitrogen and oxygen atoms in total. The van der Waals surface area contributed by atoms with Crippen molar-refractivity contribution in [1.29, 1.82) is 0 Å². The molecule has 2 aromatic carbocycles. The number of carbonyl (C=O) groups is 1. The molecule has 0 unspecified atom stereocenters.